The van der Waals surface area contributed by atoms with Crippen molar-refractivity contribution in [2.24, 2.45) is 0 Å². The van der Waals surface area contributed by atoms with E-state index in [0.717, 1.165) is 55.5 Å². The first-order chi connectivity index (χ1) is 16.6. The molecule has 0 bridgehead atoms. The van der Waals surface area contributed by atoms with E-state index in [1.807, 2.05) is 36.5 Å². The Labute approximate surface area is 199 Å². The summed E-state index contributed by atoms with van der Waals surface area (Å²) in [5, 5.41) is 7.26. The SMILES string of the molecule is CCOC(=O)[C@@H](Cc1cccc(-n2cccn2)c1)OC(=O)Nc1c2c(cc3c1CCC3)CCC2. The van der Waals surface area contributed by atoms with Gasteiger partial charge in [0.1, 0.15) is 0 Å². The predicted octanol–water partition coefficient (Wildman–Crippen LogP) is 4.57. The van der Waals surface area contributed by atoms with Crippen LogP contribution in [0.5, 0.6) is 0 Å². The van der Waals surface area contributed by atoms with Gasteiger partial charge in [-0.05, 0) is 91.5 Å². The molecule has 0 fully saturated rings. The van der Waals surface area contributed by atoms with Gasteiger partial charge in [0.05, 0.1) is 18.0 Å². The van der Waals surface area contributed by atoms with Gasteiger partial charge in [0.25, 0.3) is 0 Å². The molecular weight excluding hydrogens is 430 g/mol. The summed E-state index contributed by atoms with van der Waals surface area (Å²) in [5.41, 5.74) is 7.71. The Kier molecular flexibility index (Phi) is 6.34. The second kappa shape index (κ2) is 9.71. The lowest BCUT2D eigenvalue weighted by Crippen LogP contribution is -2.33. The standard InChI is InChI=1S/C27H29N3O4/c1-2-33-26(31)24(16-18-7-3-10-21(15-18)30-14-6-13-28-30)34-27(32)29-25-22-11-4-8-19(22)17-20-9-5-12-23(20)25/h3,6-7,10,13-15,17,24H,2,4-5,8-9,11-12,16H2,1H3,(H,29,32)/t24-/m1/s1. The van der Waals surface area contributed by atoms with Crippen LogP contribution < -0.4 is 5.32 Å². The first kappa shape index (κ1) is 22.2. The van der Waals surface area contributed by atoms with Crippen LogP contribution in [0, 0.1) is 0 Å². The Morgan fingerprint density at radius 2 is 1.82 bits per heavy atom. The van der Waals surface area contributed by atoms with Crippen molar-refractivity contribution in [1.29, 1.82) is 0 Å². The van der Waals surface area contributed by atoms with Crippen molar-refractivity contribution < 1.29 is 19.1 Å². The zero-order chi connectivity index (χ0) is 23.5. The van der Waals surface area contributed by atoms with E-state index in [1.165, 1.54) is 22.3 Å². The molecule has 176 valence electrons. The van der Waals surface area contributed by atoms with Gasteiger partial charge < -0.3 is 9.47 Å². The normalized spacial score (nSPS) is 14.9. The fourth-order valence-electron chi connectivity index (χ4n) is 5.10. The van der Waals surface area contributed by atoms with Crippen molar-refractivity contribution in [2.75, 3.05) is 11.9 Å². The van der Waals surface area contributed by atoms with E-state index >= 15 is 0 Å². The number of nitrogens with one attached hydrogen (secondary N) is 1. The van der Waals surface area contributed by atoms with Crippen LogP contribution in [-0.4, -0.2) is 34.6 Å². The Hall–Kier alpha value is -3.61. The van der Waals surface area contributed by atoms with Crippen LogP contribution in [-0.2, 0) is 46.4 Å². The number of hydrogen-bond acceptors (Lipinski definition) is 5. The van der Waals surface area contributed by atoms with Gasteiger partial charge in [-0.3, -0.25) is 5.32 Å². The number of anilines is 1. The molecule has 2 aromatic carbocycles. The number of carbonyl (C=O) groups is 2. The third-order valence-electron chi connectivity index (χ3n) is 6.60. The molecule has 0 saturated heterocycles. The highest BCUT2D eigenvalue weighted by molar-refractivity contribution is 5.90. The highest BCUT2D eigenvalue weighted by Crippen LogP contribution is 2.38. The van der Waals surface area contributed by atoms with Crippen molar-refractivity contribution in [1.82, 2.24) is 9.78 Å². The smallest absolute Gasteiger partial charge is 0.412 e. The maximum Gasteiger partial charge on any atom is 0.412 e. The number of aryl methyl sites for hydroxylation is 2. The van der Waals surface area contributed by atoms with E-state index in [9.17, 15) is 9.59 Å². The van der Waals surface area contributed by atoms with Gasteiger partial charge in [0.2, 0.25) is 6.10 Å². The van der Waals surface area contributed by atoms with Crippen molar-refractivity contribution >= 4 is 17.7 Å². The minimum absolute atomic E-state index is 0.215. The van der Waals surface area contributed by atoms with Gasteiger partial charge in [-0.1, -0.05) is 18.2 Å². The van der Waals surface area contributed by atoms with Gasteiger partial charge in [-0.25, -0.2) is 14.3 Å². The number of esters is 1. The monoisotopic (exact) mass is 459 g/mol. The summed E-state index contributed by atoms with van der Waals surface area (Å²) in [6, 6.07) is 11.8. The minimum atomic E-state index is -1.04. The van der Waals surface area contributed by atoms with Crippen LogP contribution in [0.15, 0.2) is 48.8 Å². The molecule has 2 aliphatic carbocycles. The number of ether oxygens (including phenoxy) is 2. The number of amides is 1. The topological polar surface area (TPSA) is 82.5 Å². The fraction of sp³-hybridized carbons (Fsp3) is 0.370. The van der Waals surface area contributed by atoms with Gasteiger partial charge in [0, 0.05) is 18.8 Å². The molecule has 3 aromatic rings. The second-order valence-electron chi connectivity index (χ2n) is 8.83. The van der Waals surface area contributed by atoms with E-state index in [0.29, 0.717) is 0 Å². The highest BCUT2D eigenvalue weighted by Gasteiger charge is 2.28. The fourth-order valence-corrected chi connectivity index (χ4v) is 5.10. The first-order valence-corrected chi connectivity index (χ1v) is 12.0. The number of fused-ring (bicyclic) bond motifs is 2. The number of hydrogen-bond donors (Lipinski definition) is 1. The van der Waals surface area contributed by atoms with Crippen molar-refractivity contribution in [2.45, 2.75) is 58.0 Å². The van der Waals surface area contributed by atoms with Crippen molar-refractivity contribution in [3.63, 3.8) is 0 Å². The third kappa shape index (κ3) is 4.55. The summed E-state index contributed by atoms with van der Waals surface area (Å²) in [5.74, 6) is -0.550. The van der Waals surface area contributed by atoms with Crippen LogP contribution >= 0.6 is 0 Å². The largest absolute Gasteiger partial charge is 0.463 e. The van der Waals surface area contributed by atoms with Gasteiger partial charge in [-0.15, -0.1) is 0 Å². The Morgan fingerprint density at radius 3 is 2.50 bits per heavy atom. The molecule has 2 aliphatic rings. The van der Waals surface area contributed by atoms with Gasteiger partial charge in [0.15, 0.2) is 0 Å². The Bertz CT molecular complexity index is 1170. The van der Waals surface area contributed by atoms with Crippen LogP contribution in [0.2, 0.25) is 0 Å². The summed E-state index contributed by atoms with van der Waals surface area (Å²) in [6.45, 7) is 1.96. The molecule has 1 N–H and O–H groups in total. The van der Waals surface area contributed by atoms with Crippen molar-refractivity contribution in [3.8, 4) is 5.69 Å². The number of aromatic nitrogens is 2. The van der Waals surface area contributed by atoms with E-state index < -0.39 is 18.2 Å². The lowest BCUT2D eigenvalue weighted by Gasteiger charge is -2.20. The van der Waals surface area contributed by atoms with Crippen molar-refractivity contribution in [3.05, 3.63) is 76.6 Å². The summed E-state index contributed by atoms with van der Waals surface area (Å²) < 4.78 is 12.6. The van der Waals surface area contributed by atoms with E-state index in [1.54, 1.807) is 17.8 Å². The van der Waals surface area contributed by atoms with Gasteiger partial charge in [-0.2, -0.15) is 5.10 Å². The molecular formula is C27H29N3O4. The lowest BCUT2D eigenvalue weighted by molar-refractivity contribution is -0.152. The molecule has 0 spiro atoms. The van der Waals surface area contributed by atoms with Crippen LogP contribution in [0.3, 0.4) is 0 Å². The predicted molar refractivity (Wildman–Crippen MR) is 128 cm³/mol. The van der Waals surface area contributed by atoms with Crippen LogP contribution in [0.1, 0.15) is 47.6 Å². The molecule has 7 heteroatoms. The molecule has 7 nitrogen and oxygen atoms in total. The lowest BCUT2D eigenvalue weighted by atomic mass is 9.99. The van der Waals surface area contributed by atoms with Crippen LogP contribution in [0.4, 0.5) is 10.5 Å². The Morgan fingerprint density at radius 1 is 1.06 bits per heavy atom. The maximum absolute atomic E-state index is 13.0. The first-order valence-electron chi connectivity index (χ1n) is 12.0. The summed E-state index contributed by atoms with van der Waals surface area (Å²) >= 11 is 0. The number of nitrogens with zero attached hydrogens (tertiary/aromatic N) is 2. The molecule has 0 saturated carbocycles. The minimum Gasteiger partial charge on any atom is -0.463 e. The Balaban J connectivity index is 1.35. The number of carbonyl (C=O) groups excluding carboxylic acids is 2. The molecule has 0 aliphatic heterocycles. The quantitative estimate of drug-likeness (QED) is 0.523. The summed E-state index contributed by atoms with van der Waals surface area (Å²) in [6.07, 6.45) is 8.32. The molecule has 1 amide bonds. The van der Waals surface area contributed by atoms with E-state index in [4.69, 9.17) is 9.47 Å². The molecule has 1 atom stereocenters. The molecule has 1 aromatic heterocycles. The second-order valence-corrected chi connectivity index (χ2v) is 8.83. The number of rotatable bonds is 7. The van der Waals surface area contributed by atoms with Gasteiger partial charge >= 0.3 is 12.1 Å². The average molecular weight is 460 g/mol. The molecule has 34 heavy (non-hydrogen) atoms. The zero-order valence-electron chi connectivity index (χ0n) is 19.4. The third-order valence-corrected chi connectivity index (χ3v) is 6.60. The summed E-state index contributed by atoms with van der Waals surface area (Å²) in [4.78, 5) is 25.7. The zero-order valence-corrected chi connectivity index (χ0v) is 19.4. The average Bonchev–Trinajstić information content (AvgIpc) is 3.60. The molecule has 1 heterocycles. The van der Waals surface area contributed by atoms with E-state index in [2.05, 4.69) is 16.5 Å². The highest BCUT2D eigenvalue weighted by atomic mass is 16.6. The molecule has 5 rings (SSSR count). The maximum atomic E-state index is 13.0. The number of benzene rings is 2. The van der Waals surface area contributed by atoms with E-state index in [-0.39, 0.29) is 13.0 Å². The molecule has 0 unspecified atom stereocenters. The summed E-state index contributed by atoms with van der Waals surface area (Å²) in [7, 11) is 0. The van der Waals surface area contributed by atoms with Crippen LogP contribution in [0.25, 0.3) is 5.69 Å². The molecule has 0 radical (unpaired) electrons.